The number of hydrogen-bond acceptors (Lipinski definition) is 3. The molecule has 0 saturated heterocycles. The van der Waals surface area contributed by atoms with Gasteiger partial charge >= 0.3 is 6.18 Å². The van der Waals surface area contributed by atoms with Gasteiger partial charge in [0.1, 0.15) is 12.4 Å². The maximum absolute atomic E-state index is 12.6. The highest BCUT2D eigenvalue weighted by atomic mass is 19.4. The van der Waals surface area contributed by atoms with E-state index < -0.39 is 11.7 Å². The average molecular weight is 370 g/mol. The highest BCUT2D eigenvalue weighted by Gasteiger charge is 2.29. The highest BCUT2D eigenvalue weighted by Crippen LogP contribution is 2.29. The van der Waals surface area contributed by atoms with Gasteiger partial charge in [-0.05, 0) is 42.0 Å². The van der Waals surface area contributed by atoms with E-state index in [1.54, 1.807) is 6.21 Å². The molecule has 3 rings (SSSR count). The van der Waals surface area contributed by atoms with Crippen LogP contribution in [-0.4, -0.2) is 6.21 Å². The Morgan fingerprint density at radius 2 is 1.52 bits per heavy atom. The van der Waals surface area contributed by atoms with Crippen LogP contribution in [0, 0.1) is 0 Å². The molecule has 0 aliphatic rings. The zero-order valence-corrected chi connectivity index (χ0v) is 14.3. The number of hydrazone groups is 1. The summed E-state index contributed by atoms with van der Waals surface area (Å²) in [6.45, 7) is 0.429. The number of halogens is 3. The Morgan fingerprint density at radius 3 is 2.22 bits per heavy atom. The third-order valence-corrected chi connectivity index (χ3v) is 3.77. The number of para-hydroxylation sites is 1. The summed E-state index contributed by atoms with van der Waals surface area (Å²) in [5, 5.41) is 4.08. The van der Waals surface area contributed by atoms with E-state index in [1.807, 2.05) is 54.6 Å². The summed E-state index contributed by atoms with van der Waals surface area (Å²) in [7, 11) is 0. The number of anilines is 1. The van der Waals surface area contributed by atoms with Crippen LogP contribution in [0.3, 0.4) is 0 Å². The molecule has 0 fully saturated rings. The molecule has 0 bridgehead atoms. The molecule has 3 aromatic rings. The second-order valence-corrected chi connectivity index (χ2v) is 5.76. The first kappa shape index (κ1) is 18.5. The zero-order chi connectivity index (χ0) is 19.1. The maximum atomic E-state index is 12.6. The van der Waals surface area contributed by atoms with Gasteiger partial charge in [0.2, 0.25) is 0 Å². The zero-order valence-electron chi connectivity index (χ0n) is 14.3. The van der Waals surface area contributed by atoms with Gasteiger partial charge in [0.15, 0.2) is 0 Å². The molecule has 27 heavy (non-hydrogen) atoms. The summed E-state index contributed by atoms with van der Waals surface area (Å²) in [6, 6.07) is 21.9. The lowest BCUT2D eigenvalue weighted by Crippen LogP contribution is -2.04. The van der Waals surface area contributed by atoms with Crippen LogP contribution in [-0.2, 0) is 12.8 Å². The lowest BCUT2D eigenvalue weighted by atomic mass is 10.2. The first-order chi connectivity index (χ1) is 13.0. The fourth-order valence-corrected chi connectivity index (χ4v) is 2.36. The minimum Gasteiger partial charge on any atom is -0.488 e. The number of ether oxygens (including phenoxy) is 1. The molecule has 0 saturated carbocycles. The molecule has 0 heterocycles. The molecular formula is C21H17F3N2O. The summed E-state index contributed by atoms with van der Waals surface area (Å²) in [5.74, 6) is 0.666. The van der Waals surface area contributed by atoms with Crippen LogP contribution in [0.25, 0.3) is 0 Å². The fourth-order valence-electron chi connectivity index (χ4n) is 2.36. The van der Waals surface area contributed by atoms with Crippen molar-refractivity contribution in [3.05, 3.63) is 95.6 Å². The van der Waals surface area contributed by atoms with Crippen LogP contribution < -0.4 is 10.2 Å². The molecule has 0 atom stereocenters. The molecule has 0 aliphatic carbocycles. The summed E-state index contributed by atoms with van der Waals surface area (Å²) >= 11 is 0. The van der Waals surface area contributed by atoms with Crippen LogP contribution >= 0.6 is 0 Å². The van der Waals surface area contributed by atoms with Crippen LogP contribution in [0.5, 0.6) is 5.75 Å². The van der Waals surface area contributed by atoms with E-state index in [2.05, 4.69) is 10.5 Å². The molecule has 0 spiro atoms. The van der Waals surface area contributed by atoms with Gasteiger partial charge < -0.3 is 4.74 Å². The molecule has 0 amide bonds. The summed E-state index contributed by atoms with van der Waals surface area (Å²) in [6.07, 6.45) is -2.78. The van der Waals surface area contributed by atoms with E-state index in [9.17, 15) is 13.2 Å². The quantitative estimate of drug-likeness (QED) is 0.444. The van der Waals surface area contributed by atoms with E-state index in [0.29, 0.717) is 18.0 Å². The molecule has 6 heteroatoms. The molecule has 138 valence electrons. The monoisotopic (exact) mass is 370 g/mol. The van der Waals surface area contributed by atoms with Gasteiger partial charge in [0, 0.05) is 5.56 Å². The molecule has 0 radical (unpaired) electrons. The van der Waals surface area contributed by atoms with Gasteiger partial charge in [-0.2, -0.15) is 18.3 Å². The number of nitrogens with zero attached hydrogens (tertiary/aromatic N) is 1. The minimum atomic E-state index is -4.35. The van der Waals surface area contributed by atoms with E-state index in [4.69, 9.17) is 4.74 Å². The van der Waals surface area contributed by atoms with Crippen molar-refractivity contribution in [2.45, 2.75) is 12.8 Å². The van der Waals surface area contributed by atoms with Crippen molar-refractivity contribution in [3.8, 4) is 5.75 Å². The van der Waals surface area contributed by atoms with Crippen molar-refractivity contribution in [1.29, 1.82) is 0 Å². The van der Waals surface area contributed by atoms with Gasteiger partial charge in [-0.15, -0.1) is 0 Å². The summed E-state index contributed by atoms with van der Waals surface area (Å²) < 4.78 is 43.5. The number of benzene rings is 3. The van der Waals surface area contributed by atoms with E-state index >= 15 is 0 Å². The Morgan fingerprint density at radius 1 is 0.852 bits per heavy atom. The molecule has 3 nitrogen and oxygen atoms in total. The molecule has 0 unspecified atom stereocenters. The Kier molecular flexibility index (Phi) is 5.76. The van der Waals surface area contributed by atoms with Crippen LogP contribution in [0.1, 0.15) is 16.7 Å². The van der Waals surface area contributed by atoms with E-state index in [1.165, 1.54) is 12.1 Å². The lowest BCUT2D eigenvalue weighted by molar-refractivity contribution is -0.137. The van der Waals surface area contributed by atoms with E-state index in [-0.39, 0.29) is 0 Å². The lowest BCUT2D eigenvalue weighted by Gasteiger charge is -2.09. The maximum Gasteiger partial charge on any atom is 0.416 e. The van der Waals surface area contributed by atoms with Gasteiger partial charge in [0.05, 0.1) is 17.5 Å². The standard InChI is InChI=1S/C21H17F3N2O/c22-21(23,24)18-10-12-19(13-11-18)26-25-14-17-8-4-5-9-20(17)27-15-16-6-2-1-3-7-16/h1-14,26H,15H2/b25-14+. The minimum absolute atomic E-state index is 0.429. The normalized spacial score (nSPS) is 11.5. The van der Waals surface area contributed by atoms with Crippen molar-refractivity contribution in [2.75, 3.05) is 5.43 Å². The first-order valence-corrected chi connectivity index (χ1v) is 8.24. The van der Waals surface area contributed by atoms with Crippen LogP contribution in [0.4, 0.5) is 18.9 Å². The van der Waals surface area contributed by atoms with Crippen molar-refractivity contribution in [3.63, 3.8) is 0 Å². The Bertz CT molecular complexity index is 891. The summed E-state index contributed by atoms with van der Waals surface area (Å²) in [4.78, 5) is 0. The third-order valence-electron chi connectivity index (χ3n) is 3.77. The number of nitrogens with one attached hydrogen (secondary N) is 1. The predicted molar refractivity (Wildman–Crippen MR) is 99.9 cm³/mol. The Labute approximate surface area is 155 Å². The smallest absolute Gasteiger partial charge is 0.416 e. The number of alkyl halides is 3. The SMILES string of the molecule is FC(F)(F)c1ccc(N/N=C/c2ccccc2OCc2ccccc2)cc1. The van der Waals surface area contributed by atoms with Crippen molar-refractivity contribution in [2.24, 2.45) is 5.10 Å². The third kappa shape index (κ3) is 5.34. The average Bonchev–Trinajstić information content (AvgIpc) is 2.68. The van der Waals surface area contributed by atoms with Crippen molar-refractivity contribution in [1.82, 2.24) is 0 Å². The highest BCUT2D eigenvalue weighted by molar-refractivity contribution is 5.84. The van der Waals surface area contributed by atoms with Gasteiger partial charge in [0.25, 0.3) is 0 Å². The second kappa shape index (κ2) is 8.40. The predicted octanol–water partition coefficient (Wildman–Crippen LogP) is 5.73. The van der Waals surface area contributed by atoms with E-state index in [0.717, 1.165) is 23.3 Å². The first-order valence-electron chi connectivity index (χ1n) is 8.24. The van der Waals surface area contributed by atoms with Gasteiger partial charge in [-0.1, -0.05) is 42.5 Å². The van der Waals surface area contributed by atoms with Crippen LogP contribution in [0.15, 0.2) is 84.0 Å². The molecular weight excluding hydrogens is 353 g/mol. The fraction of sp³-hybridized carbons (Fsp3) is 0.0952. The molecule has 1 N–H and O–H groups in total. The van der Waals surface area contributed by atoms with Crippen molar-refractivity contribution < 1.29 is 17.9 Å². The number of hydrogen-bond donors (Lipinski definition) is 1. The second-order valence-electron chi connectivity index (χ2n) is 5.76. The Hall–Kier alpha value is -3.28. The molecule has 0 aromatic heterocycles. The molecule has 0 aliphatic heterocycles. The van der Waals surface area contributed by atoms with Gasteiger partial charge in [-0.25, -0.2) is 0 Å². The summed E-state index contributed by atoms with van der Waals surface area (Å²) in [5.41, 5.74) is 4.29. The number of rotatable bonds is 6. The largest absolute Gasteiger partial charge is 0.488 e. The van der Waals surface area contributed by atoms with Gasteiger partial charge in [-0.3, -0.25) is 5.43 Å². The van der Waals surface area contributed by atoms with Crippen LogP contribution in [0.2, 0.25) is 0 Å². The topological polar surface area (TPSA) is 33.6 Å². The van der Waals surface area contributed by atoms with Crippen molar-refractivity contribution >= 4 is 11.9 Å². The Balaban J connectivity index is 1.63. The molecule has 3 aromatic carbocycles.